The molecule has 2 aromatic carbocycles. The van der Waals surface area contributed by atoms with Crippen LogP contribution in [0.2, 0.25) is 0 Å². The second-order valence-corrected chi connectivity index (χ2v) is 5.72. The number of sulfonamides is 1. The van der Waals surface area contributed by atoms with Crippen LogP contribution in [-0.2, 0) is 10.0 Å². The molecule has 4 nitrogen and oxygen atoms in total. The number of hydrogen-bond donors (Lipinski definition) is 2. The summed E-state index contributed by atoms with van der Waals surface area (Å²) in [4.78, 5) is -0.635. The maximum atomic E-state index is 13.5. The fourth-order valence-corrected chi connectivity index (χ4v) is 2.65. The molecule has 0 aliphatic heterocycles. The molecule has 0 unspecified atom stereocenters. The van der Waals surface area contributed by atoms with E-state index in [1.165, 1.54) is 0 Å². The molecule has 21 heavy (non-hydrogen) atoms. The first-order chi connectivity index (χ1) is 9.70. The van der Waals surface area contributed by atoms with E-state index in [1.807, 2.05) is 0 Å². The average molecular weight is 320 g/mol. The summed E-state index contributed by atoms with van der Waals surface area (Å²) in [5.41, 5.74) is 4.15. The van der Waals surface area contributed by atoms with E-state index in [2.05, 4.69) is 0 Å². The lowest BCUT2D eigenvalue weighted by Gasteiger charge is -2.11. The summed E-state index contributed by atoms with van der Waals surface area (Å²) in [6.07, 6.45) is 0. The summed E-state index contributed by atoms with van der Waals surface area (Å²) in [6, 6.07) is 2.97. The van der Waals surface area contributed by atoms with Gasteiger partial charge in [-0.05, 0) is 24.3 Å². The van der Waals surface area contributed by atoms with Crippen molar-refractivity contribution in [1.82, 2.24) is 0 Å². The molecule has 0 radical (unpaired) electrons. The van der Waals surface area contributed by atoms with E-state index in [0.29, 0.717) is 24.3 Å². The number of nitrogens with one attached hydrogen (secondary N) is 1. The van der Waals surface area contributed by atoms with E-state index in [9.17, 15) is 26.0 Å². The van der Waals surface area contributed by atoms with Gasteiger partial charge in [-0.2, -0.15) is 0 Å². The maximum absolute atomic E-state index is 13.5. The minimum atomic E-state index is -4.41. The highest BCUT2D eigenvalue weighted by molar-refractivity contribution is 7.92. The molecular weight excluding hydrogens is 312 g/mol. The van der Waals surface area contributed by atoms with Crippen molar-refractivity contribution >= 4 is 21.4 Å². The van der Waals surface area contributed by atoms with Crippen LogP contribution in [0.25, 0.3) is 0 Å². The Morgan fingerprint density at radius 3 is 2.14 bits per heavy atom. The summed E-state index contributed by atoms with van der Waals surface area (Å²) < 4.78 is 77.8. The van der Waals surface area contributed by atoms with Crippen LogP contribution in [0.5, 0.6) is 0 Å². The Morgan fingerprint density at radius 2 is 1.57 bits per heavy atom. The Balaban J connectivity index is 2.44. The van der Waals surface area contributed by atoms with E-state index in [0.717, 1.165) is 6.07 Å². The number of nitrogens with two attached hydrogens (primary N) is 1. The van der Waals surface area contributed by atoms with Crippen molar-refractivity contribution in [1.29, 1.82) is 0 Å². The van der Waals surface area contributed by atoms with E-state index in [4.69, 9.17) is 5.73 Å². The molecule has 9 heteroatoms. The lowest BCUT2D eigenvalue weighted by molar-refractivity contribution is 0.504. The monoisotopic (exact) mass is 320 g/mol. The summed E-state index contributed by atoms with van der Waals surface area (Å²) in [5, 5.41) is 0. The second-order valence-electron chi connectivity index (χ2n) is 4.03. The lowest BCUT2D eigenvalue weighted by atomic mass is 10.2. The zero-order chi connectivity index (χ0) is 15.8. The van der Waals surface area contributed by atoms with Gasteiger partial charge in [-0.1, -0.05) is 0 Å². The molecule has 0 aromatic heterocycles. The minimum absolute atomic E-state index is 0.426. The fourth-order valence-electron chi connectivity index (χ4n) is 1.54. The fraction of sp³-hybridized carbons (Fsp3) is 0. The SMILES string of the molecule is Nc1cc(F)cc(F)c1NS(=O)(=O)c1ccc(F)c(F)c1. The Bertz CT molecular complexity index is 786. The van der Waals surface area contributed by atoms with Crippen molar-refractivity contribution in [2.24, 2.45) is 0 Å². The standard InChI is InChI=1S/C12H8F4N2O2S/c13-6-3-10(16)12(11(17)4-6)18-21(19,20)7-1-2-8(14)9(15)5-7/h1-5,18H,17H2. The van der Waals surface area contributed by atoms with Crippen molar-refractivity contribution in [3.8, 4) is 0 Å². The number of halogens is 4. The van der Waals surface area contributed by atoms with Gasteiger partial charge >= 0.3 is 0 Å². The van der Waals surface area contributed by atoms with Gasteiger partial charge in [0.1, 0.15) is 11.5 Å². The molecule has 2 aromatic rings. The Morgan fingerprint density at radius 1 is 0.905 bits per heavy atom. The molecule has 3 N–H and O–H groups in total. The van der Waals surface area contributed by atoms with Gasteiger partial charge in [-0.25, -0.2) is 26.0 Å². The Labute approximate surface area is 117 Å². The molecule has 0 aliphatic rings. The van der Waals surface area contributed by atoms with Crippen LogP contribution in [-0.4, -0.2) is 8.42 Å². The molecule has 2 rings (SSSR count). The number of benzene rings is 2. The number of anilines is 2. The van der Waals surface area contributed by atoms with Gasteiger partial charge in [0.2, 0.25) is 0 Å². The topological polar surface area (TPSA) is 72.2 Å². The van der Waals surface area contributed by atoms with E-state index >= 15 is 0 Å². The van der Waals surface area contributed by atoms with Crippen LogP contribution < -0.4 is 10.5 Å². The minimum Gasteiger partial charge on any atom is -0.397 e. The highest BCUT2D eigenvalue weighted by atomic mass is 32.2. The first-order valence-corrected chi connectivity index (χ1v) is 6.91. The first kappa shape index (κ1) is 15.1. The van der Waals surface area contributed by atoms with Crippen LogP contribution in [0, 0.1) is 23.3 Å². The molecule has 0 heterocycles. The number of rotatable bonds is 3. The van der Waals surface area contributed by atoms with Crippen LogP contribution in [0.1, 0.15) is 0 Å². The third kappa shape index (κ3) is 3.07. The second kappa shape index (κ2) is 5.24. The number of hydrogen-bond acceptors (Lipinski definition) is 3. The molecule has 0 atom stereocenters. The van der Waals surface area contributed by atoms with E-state index in [1.54, 1.807) is 4.72 Å². The molecule has 0 aliphatic carbocycles. The summed E-state index contributed by atoms with van der Waals surface area (Å²) >= 11 is 0. The van der Waals surface area contributed by atoms with Gasteiger partial charge in [0.25, 0.3) is 10.0 Å². The van der Waals surface area contributed by atoms with E-state index in [-0.39, 0.29) is 0 Å². The smallest absolute Gasteiger partial charge is 0.262 e. The Hall–Kier alpha value is -2.29. The normalized spacial score (nSPS) is 11.4. The molecule has 112 valence electrons. The summed E-state index contributed by atoms with van der Waals surface area (Å²) in [5.74, 6) is -4.84. The van der Waals surface area contributed by atoms with Gasteiger partial charge < -0.3 is 5.73 Å². The van der Waals surface area contributed by atoms with Crippen molar-refractivity contribution in [3.05, 3.63) is 53.6 Å². The predicted octanol–water partition coefficient (Wildman–Crippen LogP) is 2.63. The van der Waals surface area contributed by atoms with Gasteiger partial charge in [-0.3, -0.25) is 4.72 Å². The predicted molar refractivity (Wildman–Crippen MR) is 67.9 cm³/mol. The molecule has 0 fully saturated rings. The number of nitrogen functional groups attached to an aromatic ring is 1. The molecule has 0 bridgehead atoms. The third-order valence-corrected chi connectivity index (χ3v) is 3.87. The summed E-state index contributed by atoms with van der Waals surface area (Å²) in [6.45, 7) is 0. The third-order valence-electron chi connectivity index (χ3n) is 2.52. The van der Waals surface area contributed by atoms with Crippen molar-refractivity contribution in [3.63, 3.8) is 0 Å². The molecule has 0 spiro atoms. The zero-order valence-corrected chi connectivity index (χ0v) is 11.0. The lowest BCUT2D eigenvalue weighted by Crippen LogP contribution is -2.16. The van der Waals surface area contributed by atoms with Crippen LogP contribution in [0.3, 0.4) is 0 Å². The van der Waals surface area contributed by atoms with Gasteiger partial charge in [-0.15, -0.1) is 0 Å². The maximum Gasteiger partial charge on any atom is 0.262 e. The molecular formula is C12H8F4N2O2S. The summed E-state index contributed by atoms with van der Waals surface area (Å²) in [7, 11) is -4.41. The van der Waals surface area contributed by atoms with Gasteiger partial charge in [0.05, 0.1) is 10.6 Å². The zero-order valence-electron chi connectivity index (χ0n) is 10.2. The van der Waals surface area contributed by atoms with Crippen LogP contribution in [0.4, 0.5) is 28.9 Å². The molecule has 0 saturated heterocycles. The van der Waals surface area contributed by atoms with Crippen LogP contribution >= 0.6 is 0 Å². The quantitative estimate of drug-likeness (QED) is 0.674. The van der Waals surface area contributed by atoms with Crippen molar-refractivity contribution < 1.29 is 26.0 Å². The largest absolute Gasteiger partial charge is 0.397 e. The highest BCUT2D eigenvalue weighted by Crippen LogP contribution is 2.27. The highest BCUT2D eigenvalue weighted by Gasteiger charge is 2.20. The van der Waals surface area contributed by atoms with E-state index < -0.39 is 49.6 Å². The average Bonchev–Trinajstić information content (AvgIpc) is 2.37. The Kier molecular flexibility index (Phi) is 3.77. The first-order valence-electron chi connectivity index (χ1n) is 5.43. The molecule has 0 saturated carbocycles. The molecule has 0 amide bonds. The van der Waals surface area contributed by atoms with Crippen molar-refractivity contribution in [2.75, 3.05) is 10.5 Å². The van der Waals surface area contributed by atoms with Crippen LogP contribution in [0.15, 0.2) is 35.2 Å². The van der Waals surface area contributed by atoms with Gasteiger partial charge in [0, 0.05) is 6.07 Å². The van der Waals surface area contributed by atoms with Crippen molar-refractivity contribution in [2.45, 2.75) is 4.90 Å². The van der Waals surface area contributed by atoms with Gasteiger partial charge in [0.15, 0.2) is 17.5 Å².